The minimum atomic E-state index is -0.127. The molecule has 1 N–H and O–H groups in total. The van der Waals surface area contributed by atoms with Crippen LogP contribution in [0.3, 0.4) is 0 Å². The second-order valence-corrected chi connectivity index (χ2v) is 11.1. The quantitative estimate of drug-likeness (QED) is 0.396. The third-order valence-corrected chi connectivity index (χ3v) is 8.43. The lowest BCUT2D eigenvalue weighted by molar-refractivity contribution is -0.136. The molecule has 0 aromatic heterocycles. The fraction of sp³-hybridized carbons (Fsp3) is 0.394. The number of likely N-dealkylation sites (tertiary alicyclic amines) is 1. The monoisotopic (exact) mass is 494 g/mol. The minimum Gasteiger partial charge on any atom is -0.351 e. The van der Waals surface area contributed by atoms with E-state index >= 15 is 0 Å². The summed E-state index contributed by atoms with van der Waals surface area (Å²) in [4.78, 5) is 28.2. The van der Waals surface area contributed by atoms with Crippen molar-refractivity contribution in [3.8, 4) is 0 Å². The standard InChI is InChI=1S/C33H38N2O2/c1-33(29-14-6-3-7-15-29)21-20-30(36)35(24-33)23-26-16-18-28(19-17-26)31(27-12-8-9-13-27)32(37)34-22-25-10-4-2-5-11-25/h2-7,10-11,14-19,27,31H,8-9,12-13,20-24H2,1H3,(H,34,37). The zero-order valence-corrected chi connectivity index (χ0v) is 21.9. The second-order valence-electron chi connectivity index (χ2n) is 11.1. The van der Waals surface area contributed by atoms with Crippen LogP contribution in [0.15, 0.2) is 84.9 Å². The summed E-state index contributed by atoms with van der Waals surface area (Å²) in [5.41, 5.74) is 4.58. The Bertz CT molecular complexity index is 1190. The number of rotatable bonds is 8. The summed E-state index contributed by atoms with van der Waals surface area (Å²) in [5, 5.41) is 3.19. The molecule has 0 bridgehead atoms. The molecule has 192 valence electrons. The molecule has 1 aliphatic carbocycles. The van der Waals surface area contributed by atoms with Crippen LogP contribution >= 0.6 is 0 Å². The van der Waals surface area contributed by atoms with Crippen molar-refractivity contribution < 1.29 is 9.59 Å². The normalized spacial score (nSPS) is 21.1. The molecule has 2 fully saturated rings. The van der Waals surface area contributed by atoms with Crippen molar-refractivity contribution in [2.24, 2.45) is 5.92 Å². The zero-order valence-electron chi connectivity index (χ0n) is 21.9. The van der Waals surface area contributed by atoms with E-state index in [-0.39, 0.29) is 23.1 Å². The number of benzene rings is 3. The maximum atomic E-state index is 13.4. The van der Waals surface area contributed by atoms with Gasteiger partial charge >= 0.3 is 0 Å². The highest BCUT2D eigenvalue weighted by molar-refractivity contribution is 5.84. The molecule has 3 aromatic rings. The molecule has 0 radical (unpaired) electrons. The van der Waals surface area contributed by atoms with Crippen LogP contribution in [0.25, 0.3) is 0 Å². The zero-order chi connectivity index (χ0) is 25.7. The lowest BCUT2D eigenvalue weighted by atomic mass is 9.75. The minimum absolute atomic E-state index is 0.0283. The van der Waals surface area contributed by atoms with E-state index in [4.69, 9.17) is 0 Å². The number of hydrogen-bond acceptors (Lipinski definition) is 2. The highest BCUT2D eigenvalue weighted by atomic mass is 16.2. The molecule has 4 heteroatoms. The fourth-order valence-electron chi connectivity index (χ4n) is 6.22. The van der Waals surface area contributed by atoms with Gasteiger partial charge in [-0.25, -0.2) is 0 Å². The molecule has 3 aromatic carbocycles. The molecule has 0 spiro atoms. The number of piperidine rings is 1. The molecule has 4 nitrogen and oxygen atoms in total. The van der Waals surface area contributed by atoms with Crippen LogP contribution in [0, 0.1) is 5.92 Å². The first-order valence-electron chi connectivity index (χ1n) is 13.8. The van der Waals surface area contributed by atoms with Crippen molar-refractivity contribution in [1.82, 2.24) is 10.2 Å². The van der Waals surface area contributed by atoms with Gasteiger partial charge in [-0.15, -0.1) is 0 Å². The topological polar surface area (TPSA) is 49.4 Å². The number of hydrogen-bond donors (Lipinski definition) is 1. The molecule has 5 rings (SSSR count). The van der Waals surface area contributed by atoms with E-state index in [0.717, 1.165) is 42.5 Å². The summed E-state index contributed by atoms with van der Waals surface area (Å²) in [6.07, 6.45) is 6.06. The smallest absolute Gasteiger partial charge is 0.228 e. The SMILES string of the molecule is CC1(c2ccccc2)CCC(=O)N(Cc2ccc(C(C(=O)NCc3ccccc3)C3CCCC3)cc2)C1. The van der Waals surface area contributed by atoms with Gasteiger partial charge in [0.15, 0.2) is 0 Å². The Morgan fingerprint density at radius 1 is 0.919 bits per heavy atom. The van der Waals surface area contributed by atoms with Crippen LogP contribution < -0.4 is 5.32 Å². The summed E-state index contributed by atoms with van der Waals surface area (Å²) in [6, 6.07) is 29.1. The Morgan fingerprint density at radius 3 is 2.24 bits per heavy atom. The predicted molar refractivity (Wildman–Crippen MR) is 148 cm³/mol. The lowest BCUT2D eigenvalue weighted by Gasteiger charge is -2.41. The van der Waals surface area contributed by atoms with Gasteiger partial charge in [0.05, 0.1) is 5.92 Å². The summed E-state index contributed by atoms with van der Waals surface area (Å²) in [6.45, 7) is 4.16. The van der Waals surface area contributed by atoms with Gasteiger partial charge in [0, 0.05) is 31.5 Å². The van der Waals surface area contributed by atoms with Crippen molar-refractivity contribution in [2.45, 2.75) is 69.9 Å². The predicted octanol–water partition coefficient (Wildman–Crippen LogP) is 6.36. The molecule has 2 amide bonds. The first kappa shape index (κ1) is 25.3. The molecule has 1 saturated heterocycles. The number of amides is 2. The number of carbonyl (C=O) groups is 2. The summed E-state index contributed by atoms with van der Waals surface area (Å²) in [5.74, 6) is 0.602. The van der Waals surface area contributed by atoms with Crippen LogP contribution in [-0.4, -0.2) is 23.3 Å². The average Bonchev–Trinajstić information content (AvgIpc) is 3.46. The molecular weight excluding hydrogens is 456 g/mol. The van der Waals surface area contributed by atoms with E-state index < -0.39 is 0 Å². The van der Waals surface area contributed by atoms with E-state index in [2.05, 4.69) is 60.8 Å². The van der Waals surface area contributed by atoms with Gasteiger partial charge in [-0.1, -0.05) is 105 Å². The third kappa shape index (κ3) is 5.95. The van der Waals surface area contributed by atoms with Gasteiger partial charge < -0.3 is 10.2 Å². The highest BCUT2D eigenvalue weighted by Crippen LogP contribution is 2.38. The fourth-order valence-corrected chi connectivity index (χ4v) is 6.22. The first-order valence-corrected chi connectivity index (χ1v) is 13.8. The largest absolute Gasteiger partial charge is 0.351 e. The first-order chi connectivity index (χ1) is 18.0. The van der Waals surface area contributed by atoms with Crippen molar-refractivity contribution in [1.29, 1.82) is 0 Å². The van der Waals surface area contributed by atoms with Crippen molar-refractivity contribution in [2.75, 3.05) is 6.54 Å². The highest BCUT2D eigenvalue weighted by Gasteiger charge is 2.36. The average molecular weight is 495 g/mol. The number of nitrogens with one attached hydrogen (secondary N) is 1. The van der Waals surface area contributed by atoms with Gasteiger partial charge in [0.1, 0.15) is 0 Å². The van der Waals surface area contributed by atoms with Crippen LogP contribution in [0.4, 0.5) is 0 Å². The Morgan fingerprint density at radius 2 is 1.57 bits per heavy atom. The second kappa shape index (κ2) is 11.3. The summed E-state index contributed by atoms with van der Waals surface area (Å²) in [7, 11) is 0. The van der Waals surface area contributed by atoms with Gasteiger partial charge in [0.25, 0.3) is 0 Å². The third-order valence-electron chi connectivity index (χ3n) is 8.43. The van der Waals surface area contributed by atoms with E-state index in [1.165, 1.54) is 18.4 Å². The van der Waals surface area contributed by atoms with Crippen LogP contribution in [0.1, 0.15) is 73.6 Å². The van der Waals surface area contributed by atoms with Crippen molar-refractivity contribution in [3.63, 3.8) is 0 Å². The van der Waals surface area contributed by atoms with Gasteiger partial charge in [0.2, 0.25) is 11.8 Å². The molecule has 1 aliphatic heterocycles. The van der Waals surface area contributed by atoms with Gasteiger partial charge in [-0.05, 0) is 47.4 Å². The number of nitrogens with zero attached hydrogens (tertiary/aromatic N) is 1. The Labute approximate surface area is 221 Å². The number of carbonyl (C=O) groups excluding carboxylic acids is 2. The van der Waals surface area contributed by atoms with Gasteiger partial charge in [-0.3, -0.25) is 9.59 Å². The Hall–Kier alpha value is -3.40. The summed E-state index contributed by atoms with van der Waals surface area (Å²) >= 11 is 0. The summed E-state index contributed by atoms with van der Waals surface area (Å²) < 4.78 is 0. The van der Waals surface area contributed by atoms with Crippen LogP contribution in [0.5, 0.6) is 0 Å². The van der Waals surface area contributed by atoms with Crippen molar-refractivity contribution in [3.05, 3.63) is 107 Å². The van der Waals surface area contributed by atoms with E-state index in [1.54, 1.807) is 0 Å². The molecular formula is C33H38N2O2. The van der Waals surface area contributed by atoms with Crippen LogP contribution in [0.2, 0.25) is 0 Å². The molecule has 2 atom stereocenters. The molecule has 1 heterocycles. The molecule has 2 aliphatic rings. The van der Waals surface area contributed by atoms with E-state index in [9.17, 15) is 9.59 Å². The Balaban J connectivity index is 1.28. The lowest BCUT2D eigenvalue weighted by Crippen LogP contribution is -2.47. The molecule has 37 heavy (non-hydrogen) atoms. The van der Waals surface area contributed by atoms with E-state index in [1.807, 2.05) is 41.3 Å². The molecule has 2 unspecified atom stereocenters. The molecule has 1 saturated carbocycles. The maximum absolute atomic E-state index is 13.4. The maximum Gasteiger partial charge on any atom is 0.228 e. The Kier molecular flexibility index (Phi) is 7.73. The van der Waals surface area contributed by atoms with Gasteiger partial charge in [-0.2, -0.15) is 0 Å². The van der Waals surface area contributed by atoms with Crippen molar-refractivity contribution >= 4 is 11.8 Å². The van der Waals surface area contributed by atoms with Crippen LogP contribution in [-0.2, 0) is 28.1 Å². The van der Waals surface area contributed by atoms with E-state index in [0.29, 0.717) is 25.4 Å².